The third kappa shape index (κ3) is 6.01. The number of hydrogen-bond acceptors (Lipinski definition) is 4. The van der Waals surface area contributed by atoms with Crippen LogP contribution in [0.1, 0.15) is 31.9 Å². The van der Waals surface area contributed by atoms with Crippen molar-refractivity contribution >= 4 is 39.3 Å². The molecule has 2 aromatic carbocycles. The van der Waals surface area contributed by atoms with Crippen LogP contribution in [0, 0.1) is 6.92 Å². The van der Waals surface area contributed by atoms with Crippen LogP contribution in [0.15, 0.2) is 53.4 Å². The summed E-state index contributed by atoms with van der Waals surface area (Å²) in [5, 5.41) is 5.48. The molecular formula is C22H27N3O4S. The number of benzene rings is 2. The molecule has 160 valence electrons. The van der Waals surface area contributed by atoms with E-state index in [4.69, 9.17) is 0 Å². The van der Waals surface area contributed by atoms with E-state index in [1.54, 1.807) is 50.3 Å². The van der Waals surface area contributed by atoms with Crippen LogP contribution in [0.2, 0.25) is 0 Å². The van der Waals surface area contributed by atoms with Crippen molar-refractivity contribution in [1.29, 1.82) is 0 Å². The molecule has 2 N–H and O–H groups in total. The minimum Gasteiger partial charge on any atom is -0.326 e. The van der Waals surface area contributed by atoms with Gasteiger partial charge in [-0.3, -0.25) is 9.59 Å². The molecule has 0 aliphatic heterocycles. The fraction of sp³-hybridized carbons (Fsp3) is 0.273. The van der Waals surface area contributed by atoms with Gasteiger partial charge in [0.2, 0.25) is 21.8 Å². The van der Waals surface area contributed by atoms with E-state index >= 15 is 0 Å². The van der Waals surface area contributed by atoms with E-state index in [1.807, 2.05) is 6.92 Å². The highest BCUT2D eigenvalue weighted by Crippen LogP contribution is 2.20. The van der Waals surface area contributed by atoms with Gasteiger partial charge in [-0.1, -0.05) is 26.0 Å². The Bertz CT molecular complexity index is 1040. The van der Waals surface area contributed by atoms with Crippen molar-refractivity contribution in [3.8, 4) is 0 Å². The Morgan fingerprint density at radius 1 is 1.00 bits per heavy atom. The molecule has 0 radical (unpaired) electrons. The molecule has 0 fully saturated rings. The van der Waals surface area contributed by atoms with Gasteiger partial charge in [-0.25, -0.2) is 8.42 Å². The van der Waals surface area contributed by atoms with Crippen molar-refractivity contribution in [3.05, 3.63) is 59.7 Å². The van der Waals surface area contributed by atoms with E-state index in [1.165, 1.54) is 29.4 Å². The highest BCUT2D eigenvalue weighted by atomic mass is 32.2. The largest absolute Gasteiger partial charge is 0.326 e. The first-order chi connectivity index (χ1) is 14.2. The molecule has 0 heterocycles. The van der Waals surface area contributed by atoms with Crippen LogP contribution in [-0.2, 0) is 19.6 Å². The molecule has 2 amide bonds. The molecule has 0 aliphatic rings. The molecule has 0 saturated heterocycles. The van der Waals surface area contributed by atoms with Crippen molar-refractivity contribution in [3.63, 3.8) is 0 Å². The fourth-order valence-corrected chi connectivity index (χ4v) is 4.35. The number of aryl methyl sites for hydroxylation is 1. The lowest BCUT2D eigenvalue weighted by Crippen LogP contribution is -2.30. The predicted octanol–water partition coefficient (Wildman–Crippen LogP) is 3.64. The second-order valence-corrected chi connectivity index (χ2v) is 8.63. The van der Waals surface area contributed by atoms with Crippen LogP contribution in [0.25, 0.3) is 6.08 Å². The highest BCUT2D eigenvalue weighted by molar-refractivity contribution is 7.89. The molecule has 2 aromatic rings. The first-order valence-corrected chi connectivity index (χ1v) is 11.1. The quantitative estimate of drug-likeness (QED) is 0.626. The summed E-state index contributed by atoms with van der Waals surface area (Å²) in [6.07, 6.45) is 2.99. The smallest absolute Gasteiger partial charge is 0.248 e. The standard InChI is InChI=1S/C22H27N3O4S/c1-5-25(6-2)30(28,29)20-11-7-18(8-12-20)9-14-22(27)24-19-10-13-21(16(3)15-19)23-17(4)26/h7-15H,5-6H2,1-4H3,(H,23,26)(H,24,27)/b14-9+. The average Bonchev–Trinajstić information content (AvgIpc) is 2.69. The first kappa shape index (κ1) is 23.3. The number of sulfonamides is 1. The zero-order chi connectivity index (χ0) is 22.3. The number of amides is 2. The predicted molar refractivity (Wildman–Crippen MR) is 120 cm³/mol. The number of nitrogens with zero attached hydrogens (tertiary/aromatic N) is 1. The fourth-order valence-electron chi connectivity index (χ4n) is 2.89. The number of carbonyl (C=O) groups excluding carboxylic acids is 2. The van der Waals surface area contributed by atoms with E-state index in [0.717, 1.165) is 5.56 Å². The molecule has 0 unspecified atom stereocenters. The summed E-state index contributed by atoms with van der Waals surface area (Å²) in [5.41, 5.74) is 2.84. The highest BCUT2D eigenvalue weighted by Gasteiger charge is 2.20. The van der Waals surface area contributed by atoms with Crippen LogP contribution < -0.4 is 10.6 Å². The Hall–Kier alpha value is -2.97. The maximum absolute atomic E-state index is 12.5. The first-order valence-electron chi connectivity index (χ1n) is 9.65. The number of rotatable bonds is 8. The normalized spacial score (nSPS) is 11.6. The molecule has 0 aliphatic carbocycles. The van der Waals surface area contributed by atoms with Gasteiger partial charge in [0, 0.05) is 37.5 Å². The van der Waals surface area contributed by atoms with Gasteiger partial charge in [-0.15, -0.1) is 0 Å². The summed E-state index contributed by atoms with van der Waals surface area (Å²) >= 11 is 0. The molecule has 2 rings (SSSR count). The van der Waals surface area contributed by atoms with Crippen molar-refractivity contribution in [2.24, 2.45) is 0 Å². The van der Waals surface area contributed by atoms with E-state index < -0.39 is 10.0 Å². The molecule has 8 heteroatoms. The second-order valence-electron chi connectivity index (χ2n) is 6.69. The molecule has 0 spiro atoms. The lowest BCUT2D eigenvalue weighted by Gasteiger charge is -2.18. The van der Waals surface area contributed by atoms with E-state index in [-0.39, 0.29) is 16.7 Å². The molecule has 0 aromatic heterocycles. The van der Waals surface area contributed by atoms with Crippen LogP contribution in [0.5, 0.6) is 0 Å². The van der Waals surface area contributed by atoms with Gasteiger partial charge >= 0.3 is 0 Å². The van der Waals surface area contributed by atoms with Gasteiger partial charge in [0.1, 0.15) is 0 Å². The summed E-state index contributed by atoms with van der Waals surface area (Å²) in [6, 6.07) is 11.6. The Labute approximate surface area is 177 Å². The van der Waals surface area contributed by atoms with Crippen molar-refractivity contribution < 1.29 is 18.0 Å². The molecule has 0 bridgehead atoms. The SMILES string of the molecule is CCN(CC)S(=O)(=O)c1ccc(/C=C/C(=O)Nc2ccc(NC(C)=O)c(C)c2)cc1. The number of carbonyl (C=O) groups is 2. The molecule has 30 heavy (non-hydrogen) atoms. The van der Waals surface area contributed by atoms with Gasteiger partial charge in [-0.2, -0.15) is 4.31 Å². The van der Waals surface area contributed by atoms with E-state index in [0.29, 0.717) is 30.0 Å². The van der Waals surface area contributed by atoms with Gasteiger partial charge in [-0.05, 0) is 54.5 Å². The number of anilines is 2. The molecule has 7 nitrogen and oxygen atoms in total. The molecule has 0 atom stereocenters. The van der Waals surface area contributed by atoms with Crippen LogP contribution in [0.4, 0.5) is 11.4 Å². The van der Waals surface area contributed by atoms with Gasteiger partial charge in [0.05, 0.1) is 4.90 Å². The van der Waals surface area contributed by atoms with Gasteiger partial charge in [0.25, 0.3) is 0 Å². The summed E-state index contributed by atoms with van der Waals surface area (Å²) in [6.45, 7) is 7.69. The van der Waals surface area contributed by atoms with Crippen LogP contribution >= 0.6 is 0 Å². The minimum atomic E-state index is -3.50. The van der Waals surface area contributed by atoms with Crippen LogP contribution in [0.3, 0.4) is 0 Å². The zero-order valence-corrected chi connectivity index (χ0v) is 18.4. The third-order valence-corrected chi connectivity index (χ3v) is 6.52. The summed E-state index contributed by atoms with van der Waals surface area (Å²) in [5.74, 6) is -0.477. The Balaban J connectivity index is 2.05. The van der Waals surface area contributed by atoms with E-state index in [9.17, 15) is 18.0 Å². The van der Waals surface area contributed by atoms with Crippen molar-refractivity contribution in [2.75, 3.05) is 23.7 Å². The van der Waals surface area contributed by atoms with Crippen molar-refractivity contribution in [1.82, 2.24) is 4.31 Å². The summed E-state index contributed by atoms with van der Waals surface area (Å²) in [7, 11) is -3.50. The topological polar surface area (TPSA) is 95.6 Å². The molecule has 0 saturated carbocycles. The third-order valence-electron chi connectivity index (χ3n) is 4.46. The maximum atomic E-state index is 12.5. The maximum Gasteiger partial charge on any atom is 0.248 e. The zero-order valence-electron chi connectivity index (χ0n) is 17.6. The lowest BCUT2D eigenvalue weighted by molar-refractivity contribution is -0.114. The summed E-state index contributed by atoms with van der Waals surface area (Å²) in [4.78, 5) is 23.6. The lowest BCUT2D eigenvalue weighted by atomic mass is 10.1. The second kappa shape index (κ2) is 10.2. The number of hydrogen-bond donors (Lipinski definition) is 2. The van der Waals surface area contributed by atoms with Crippen molar-refractivity contribution in [2.45, 2.75) is 32.6 Å². The van der Waals surface area contributed by atoms with Gasteiger partial charge < -0.3 is 10.6 Å². The average molecular weight is 430 g/mol. The van der Waals surface area contributed by atoms with Crippen LogP contribution in [-0.4, -0.2) is 37.6 Å². The molecular weight excluding hydrogens is 402 g/mol. The minimum absolute atomic E-state index is 0.159. The van der Waals surface area contributed by atoms with E-state index in [2.05, 4.69) is 10.6 Å². The number of nitrogens with one attached hydrogen (secondary N) is 2. The monoisotopic (exact) mass is 429 g/mol. The Kier molecular flexibility index (Phi) is 7.91. The summed E-state index contributed by atoms with van der Waals surface area (Å²) < 4.78 is 26.4. The van der Waals surface area contributed by atoms with Gasteiger partial charge in [0.15, 0.2) is 0 Å². The Morgan fingerprint density at radius 3 is 2.17 bits per heavy atom. The Morgan fingerprint density at radius 2 is 1.63 bits per heavy atom.